The van der Waals surface area contributed by atoms with Crippen molar-refractivity contribution in [2.24, 2.45) is 0 Å². The van der Waals surface area contributed by atoms with Gasteiger partial charge in [0.2, 0.25) is 0 Å². The van der Waals surface area contributed by atoms with Gasteiger partial charge in [0.15, 0.2) is 0 Å². The molecule has 0 unspecified atom stereocenters. The minimum Gasteiger partial charge on any atom is -0.192 e. The summed E-state index contributed by atoms with van der Waals surface area (Å²) in [6, 6.07) is 2.12. The van der Waals surface area contributed by atoms with Gasteiger partial charge in [0, 0.05) is 0 Å². The van der Waals surface area contributed by atoms with Crippen LogP contribution in [0.15, 0.2) is 36.0 Å². The number of allylic oxidation sites excluding steroid dienone is 5. The van der Waals surface area contributed by atoms with Gasteiger partial charge in [0.1, 0.15) is 0 Å². The molecule has 0 saturated carbocycles. The van der Waals surface area contributed by atoms with Gasteiger partial charge in [0.05, 0.1) is 11.6 Å². The predicted octanol–water partition coefficient (Wildman–Crippen LogP) is 4.39. The van der Waals surface area contributed by atoms with Crippen molar-refractivity contribution in [3.8, 4) is 6.07 Å². The Kier molecular flexibility index (Phi) is 12.7. The third-order valence-electron chi connectivity index (χ3n) is 1.48. The lowest BCUT2D eigenvalue weighted by Gasteiger charge is -1.92. The summed E-state index contributed by atoms with van der Waals surface area (Å²) >= 11 is 0. The standard InChI is InChI=1S/C11H15N.C2H6/c1-4-6-7-11(9-12)8-10(3)5-2;1-2/h6-8H,3-5H2,1-2H3;1-2H3/b7-6-,11-8+;. The number of rotatable bonds is 4. The number of nitrogens with zero attached hydrogens (tertiary/aromatic N) is 1. The molecule has 0 N–H and O–H groups in total. The molecule has 0 heterocycles. The lowest BCUT2D eigenvalue weighted by Crippen LogP contribution is -1.76. The van der Waals surface area contributed by atoms with Crippen LogP contribution >= 0.6 is 0 Å². The van der Waals surface area contributed by atoms with Crippen LogP contribution in [-0.2, 0) is 0 Å². The average Bonchev–Trinajstić information content (AvgIpc) is 2.26. The number of hydrogen-bond acceptors (Lipinski definition) is 1. The first-order chi connectivity index (χ1) is 6.74. The second-order valence-corrected chi connectivity index (χ2v) is 2.53. The molecule has 14 heavy (non-hydrogen) atoms. The third-order valence-corrected chi connectivity index (χ3v) is 1.48. The van der Waals surface area contributed by atoms with Crippen molar-refractivity contribution < 1.29 is 0 Å². The maximum Gasteiger partial charge on any atom is 0.0991 e. The van der Waals surface area contributed by atoms with E-state index < -0.39 is 0 Å². The van der Waals surface area contributed by atoms with E-state index >= 15 is 0 Å². The molecule has 0 aliphatic carbocycles. The molecule has 0 amide bonds. The van der Waals surface area contributed by atoms with Gasteiger partial charge in [-0.05, 0) is 25.0 Å². The molecule has 0 radical (unpaired) electrons. The summed E-state index contributed by atoms with van der Waals surface area (Å²) in [7, 11) is 0. The first kappa shape index (κ1) is 15.2. The van der Waals surface area contributed by atoms with Crippen LogP contribution in [0.25, 0.3) is 0 Å². The van der Waals surface area contributed by atoms with E-state index in [1.807, 2.05) is 45.9 Å². The Morgan fingerprint density at radius 1 is 1.36 bits per heavy atom. The molecule has 0 aliphatic rings. The van der Waals surface area contributed by atoms with Gasteiger partial charge in [0.25, 0.3) is 0 Å². The third kappa shape index (κ3) is 8.80. The predicted molar refractivity (Wildman–Crippen MR) is 63.9 cm³/mol. The Morgan fingerprint density at radius 3 is 2.29 bits per heavy atom. The highest BCUT2D eigenvalue weighted by atomic mass is 14.2. The highest BCUT2D eigenvalue weighted by Crippen LogP contribution is 2.05. The van der Waals surface area contributed by atoms with Crippen LogP contribution in [0.1, 0.15) is 40.5 Å². The lowest BCUT2D eigenvalue weighted by molar-refractivity contribution is 1.15. The fourth-order valence-electron chi connectivity index (χ4n) is 0.684. The van der Waals surface area contributed by atoms with Crippen molar-refractivity contribution >= 4 is 0 Å². The maximum atomic E-state index is 8.69. The lowest BCUT2D eigenvalue weighted by atomic mass is 10.1. The van der Waals surface area contributed by atoms with Crippen molar-refractivity contribution in [1.82, 2.24) is 0 Å². The fourth-order valence-corrected chi connectivity index (χ4v) is 0.684. The quantitative estimate of drug-likeness (QED) is 0.477. The van der Waals surface area contributed by atoms with Crippen LogP contribution in [0.4, 0.5) is 0 Å². The van der Waals surface area contributed by atoms with Crippen LogP contribution in [-0.4, -0.2) is 0 Å². The number of nitriles is 1. The Hall–Kier alpha value is -1.29. The molecule has 78 valence electrons. The fraction of sp³-hybridized carbons (Fsp3) is 0.462. The van der Waals surface area contributed by atoms with Crippen LogP contribution in [0.5, 0.6) is 0 Å². The van der Waals surface area contributed by atoms with E-state index in [4.69, 9.17) is 5.26 Å². The van der Waals surface area contributed by atoms with Crippen LogP contribution in [0.3, 0.4) is 0 Å². The number of hydrogen-bond donors (Lipinski definition) is 0. The topological polar surface area (TPSA) is 23.8 Å². The molecular weight excluding hydrogens is 170 g/mol. The van der Waals surface area contributed by atoms with Gasteiger partial charge >= 0.3 is 0 Å². The van der Waals surface area contributed by atoms with E-state index in [-0.39, 0.29) is 0 Å². The molecule has 0 saturated heterocycles. The van der Waals surface area contributed by atoms with Crippen molar-refractivity contribution in [2.75, 3.05) is 0 Å². The molecular formula is C13H21N. The summed E-state index contributed by atoms with van der Waals surface area (Å²) < 4.78 is 0. The van der Waals surface area contributed by atoms with E-state index in [0.717, 1.165) is 18.4 Å². The molecule has 1 heteroatoms. The van der Waals surface area contributed by atoms with E-state index in [9.17, 15) is 0 Å². The van der Waals surface area contributed by atoms with Crippen LogP contribution < -0.4 is 0 Å². The first-order valence-electron chi connectivity index (χ1n) is 5.20. The maximum absolute atomic E-state index is 8.69. The van der Waals surface area contributed by atoms with Crippen molar-refractivity contribution in [3.63, 3.8) is 0 Å². The first-order valence-corrected chi connectivity index (χ1v) is 5.20. The zero-order valence-corrected chi connectivity index (χ0v) is 9.80. The summed E-state index contributed by atoms with van der Waals surface area (Å²) in [6.07, 6.45) is 7.48. The van der Waals surface area contributed by atoms with Gasteiger partial charge in [-0.25, -0.2) is 0 Å². The largest absolute Gasteiger partial charge is 0.192 e. The van der Waals surface area contributed by atoms with Gasteiger partial charge in [-0.15, -0.1) is 0 Å². The molecule has 0 aromatic carbocycles. The molecule has 0 atom stereocenters. The smallest absolute Gasteiger partial charge is 0.0991 e. The highest BCUT2D eigenvalue weighted by Gasteiger charge is 1.89. The normalized spacial score (nSPS) is 10.4. The summed E-state index contributed by atoms with van der Waals surface area (Å²) in [5, 5.41) is 8.69. The molecule has 0 spiro atoms. The Labute approximate surface area is 88.4 Å². The zero-order valence-electron chi connectivity index (χ0n) is 9.80. The summed E-state index contributed by atoms with van der Waals surface area (Å²) in [6.45, 7) is 11.9. The molecule has 0 fully saturated rings. The summed E-state index contributed by atoms with van der Waals surface area (Å²) in [4.78, 5) is 0. The van der Waals surface area contributed by atoms with E-state index in [1.54, 1.807) is 0 Å². The Bertz CT molecular complexity index is 238. The molecule has 0 rings (SSSR count). The van der Waals surface area contributed by atoms with E-state index in [2.05, 4.69) is 12.6 Å². The second-order valence-electron chi connectivity index (χ2n) is 2.53. The SMILES string of the molecule is C=C(/C=C(C#N)\C=C/CC)CC.CC. The van der Waals surface area contributed by atoms with Crippen LogP contribution in [0, 0.1) is 11.3 Å². The minimum atomic E-state index is 0.684. The summed E-state index contributed by atoms with van der Waals surface area (Å²) in [5.74, 6) is 0. The highest BCUT2D eigenvalue weighted by molar-refractivity contribution is 5.38. The van der Waals surface area contributed by atoms with E-state index in [1.165, 1.54) is 0 Å². The summed E-state index contributed by atoms with van der Waals surface area (Å²) in [5.41, 5.74) is 1.68. The average molecular weight is 191 g/mol. The molecule has 1 nitrogen and oxygen atoms in total. The van der Waals surface area contributed by atoms with Crippen molar-refractivity contribution in [1.29, 1.82) is 5.26 Å². The monoisotopic (exact) mass is 191 g/mol. The molecule has 0 bridgehead atoms. The second kappa shape index (κ2) is 11.7. The zero-order chi connectivity index (χ0) is 11.4. The molecule has 0 aliphatic heterocycles. The Morgan fingerprint density at radius 2 is 1.93 bits per heavy atom. The van der Waals surface area contributed by atoms with Gasteiger partial charge in [-0.3, -0.25) is 0 Å². The van der Waals surface area contributed by atoms with Crippen LogP contribution in [0.2, 0.25) is 0 Å². The Balaban J connectivity index is 0. The van der Waals surface area contributed by atoms with Gasteiger partial charge < -0.3 is 0 Å². The van der Waals surface area contributed by atoms with Crippen molar-refractivity contribution in [2.45, 2.75) is 40.5 Å². The van der Waals surface area contributed by atoms with Gasteiger partial charge in [-0.1, -0.05) is 45.9 Å². The molecule has 0 aromatic heterocycles. The van der Waals surface area contributed by atoms with Crippen molar-refractivity contribution in [3.05, 3.63) is 36.0 Å². The van der Waals surface area contributed by atoms with Gasteiger partial charge in [-0.2, -0.15) is 5.26 Å². The minimum absolute atomic E-state index is 0.684. The van der Waals surface area contributed by atoms with E-state index in [0.29, 0.717) is 5.57 Å². The molecule has 0 aromatic rings.